The van der Waals surface area contributed by atoms with Gasteiger partial charge in [0.15, 0.2) is 0 Å². The van der Waals surface area contributed by atoms with E-state index >= 15 is 0 Å². The molecule has 38 heavy (non-hydrogen) atoms. The fourth-order valence-electron chi connectivity index (χ4n) is 3.07. The maximum Gasteiger partial charge on any atom is 0.119 e. The maximum atomic E-state index is 5.74. The van der Waals surface area contributed by atoms with E-state index in [1.165, 1.54) is 0 Å². The van der Waals surface area contributed by atoms with E-state index in [1.807, 2.05) is 48.5 Å². The summed E-state index contributed by atoms with van der Waals surface area (Å²) in [6.45, 7) is 6.52. The van der Waals surface area contributed by atoms with E-state index in [0.717, 1.165) is 22.6 Å². The van der Waals surface area contributed by atoms with Gasteiger partial charge in [0.2, 0.25) is 0 Å². The highest BCUT2D eigenvalue weighted by Crippen LogP contribution is 2.24. The van der Waals surface area contributed by atoms with Crippen LogP contribution in [-0.4, -0.2) is 92.5 Å². The average Bonchev–Trinajstić information content (AvgIpc) is 2.95. The van der Waals surface area contributed by atoms with Gasteiger partial charge in [0.1, 0.15) is 37.9 Å². The standard InChI is InChI=1S/C30H38O8/c1-3-13-31-15-17-33-19-21-35-23-25-37-29-9-5-27(6-10-29)28-7-11-30(12-8-28)38-26-24-36-22-20-34-18-16-32-14-4-2/h1-2,5-12H,13-26H2. The molecule has 0 aliphatic rings. The average molecular weight is 527 g/mol. The van der Waals surface area contributed by atoms with Gasteiger partial charge >= 0.3 is 0 Å². The summed E-state index contributed by atoms with van der Waals surface area (Å²) in [6.07, 6.45) is 10.2. The smallest absolute Gasteiger partial charge is 0.119 e. The molecule has 0 amide bonds. The number of terminal acetylenes is 2. The Balaban J connectivity index is 1.51. The first-order valence-corrected chi connectivity index (χ1v) is 12.6. The van der Waals surface area contributed by atoms with Crippen LogP contribution in [0.25, 0.3) is 11.1 Å². The van der Waals surface area contributed by atoms with E-state index < -0.39 is 0 Å². The molecule has 0 heterocycles. The van der Waals surface area contributed by atoms with Crippen LogP contribution in [0.4, 0.5) is 0 Å². The van der Waals surface area contributed by atoms with Crippen LogP contribution in [0.2, 0.25) is 0 Å². The van der Waals surface area contributed by atoms with Gasteiger partial charge in [-0.25, -0.2) is 0 Å². The van der Waals surface area contributed by atoms with Gasteiger partial charge in [0.25, 0.3) is 0 Å². The van der Waals surface area contributed by atoms with Crippen molar-refractivity contribution < 1.29 is 37.9 Å². The van der Waals surface area contributed by atoms with Gasteiger partial charge < -0.3 is 37.9 Å². The second kappa shape index (κ2) is 22.0. The molecule has 0 spiro atoms. The molecule has 0 radical (unpaired) electrons. The molecule has 0 fully saturated rings. The van der Waals surface area contributed by atoms with Crippen molar-refractivity contribution in [2.24, 2.45) is 0 Å². The van der Waals surface area contributed by atoms with E-state index in [4.69, 9.17) is 50.7 Å². The summed E-state index contributed by atoms with van der Waals surface area (Å²) in [5.74, 6) is 6.40. The Hall–Kier alpha value is -3.08. The van der Waals surface area contributed by atoms with Crippen LogP contribution in [0.15, 0.2) is 48.5 Å². The third-order valence-corrected chi connectivity index (χ3v) is 4.89. The minimum atomic E-state index is 0.306. The third-order valence-electron chi connectivity index (χ3n) is 4.89. The summed E-state index contributed by atoms with van der Waals surface area (Å²) in [5, 5.41) is 0. The summed E-state index contributed by atoms with van der Waals surface area (Å²) in [4.78, 5) is 0. The highest BCUT2D eigenvalue weighted by Gasteiger charge is 2.01. The monoisotopic (exact) mass is 526 g/mol. The van der Waals surface area contributed by atoms with Gasteiger partial charge in [-0.3, -0.25) is 0 Å². The molecule has 8 nitrogen and oxygen atoms in total. The van der Waals surface area contributed by atoms with Gasteiger partial charge in [-0.2, -0.15) is 0 Å². The Kier molecular flexibility index (Phi) is 18.0. The maximum absolute atomic E-state index is 5.74. The van der Waals surface area contributed by atoms with Crippen LogP contribution in [-0.2, 0) is 28.4 Å². The SMILES string of the molecule is C#CCOCCOCCOCCOc1ccc(-c2ccc(OCCOCCOCCOCC#C)cc2)cc1. The molecule has 2 aromatic rings. The van der Waals surface area contributed by atoms with Crippen LogP contribution in [0.1, 0.15) is 0 Å². The molecule has 0 saturated heterocycles. The quantitative estimate of drug-likeness (QED) is 0.161. The molecule has 0 aromatic heterocycles. The van der Waals surface area contributed by atoms with Crippen LogP contribution >= 0.6 is 0 Å². The molecule has 0 bridgehead atoms. The zero-order valence-electron chi connectivity index (χ0n) is 21.9. The Morgan fingerprint density at radius 2 is 0.684 bits per heavy atom. The lowest BCUT2D eigenvalue weighted by molar-refractivity contribution is 0.0142. The Labute approximate surface area is 226 Å². The summed E-state index contributed by atoms with van der Waals surface area (Å²) in [5.41, 5.74) is 2.19. The number of rotatable bonds is 23. The minimum Gasteiger partial charge on any atom is -0.491 e. The van der Waals surface area contributed by atoms with Gasteiger partial charge in [-0.1, -0.05) is 36.1 Å². The second-order valence-electron chi connectivity index (χ2n) is 7.71. The van der Waals surface area contributed by atoms with Crippen LogP contribution in [0.3, 0.4) is 0 Å². The van der Waals surface area contributed by atoms with E-state index in [9.17, 15) is 0 Å². The van der Waals surface area contributed by atoms with Crippen molar-refractivity contribution in [1.29, 1.82) is 0 Å². The molecule has 8 heteroatoms. The molecular weight excluding hydrogens is 488 g/mol. The molecule has 2 aromatic carbocycles. The lowest BCUT2D eigenvalue weighted by atomic mass is 10.1. The Morgan fingerprint density at radius 1 is 0.395 bits per heavy atom. The topological polar surface area (TPSA) is 73.8 Å². The normalized spacial score (nSPS) is 10.6. The van der Waals surface area contributed by atoms with Gasteiger partial charge in [-0.15, -0.1) is 12.8 Å². The number of hydrogen-bond acceptors (Lipinski definition) is 8. The van der Waals surface area contributed by atoms with E-state index in [2.05, 4.69) is 11.8 Å². The van der Waals surface area contributed by atoms with Gasteiger partial charge in [0, 0.05) is 0 Å². The molecule has 0 saturated carbocycles. The van der Waals surface area contributed by atoms with Gasteiger partial charge in [0.05, 0.1) is 66.1 Å². The molecule has 2 rings (SSSR count). The number of benzene rings is 2. The highest BCUT2D eigenvalue weighted by molar-refractivity contribution is 5.64. The zero-order valence-corrected chi connectivity index (χ0v) is 21.9. The predicted molar refractivity (Wildman–Crippen MR) is 145 cm³/mol. The molecule has 0 atom stereocenters. The third kappa shape index (κ3) is 15.2. The molecular formula is C30H38O8. The van der Waals surface area contributed by atoms with Crippen molar-refractivity contribution in [2.75, 3.05) is 92.5 Å². The summed E-state index contributed by atoms with van der Waals surface area (Å²) >= 11 is 0. The molecule has 0 aliphatic carbocycles. The zero-order chi connectivity index (χ0) is 26.9. The largest absolute Gasteiger partial charge is 0.491 e. The van der Waals surface area contributed by atoms with E-state index in [-0.39, 0.29) is 0 Å². The van der Waals surface area contributed by atoms with Crippen molar-refractivity contribution >= 4 is 0 Å². The predicted octanol–water partition coefficient (Wildman–Crippen LogP) is 3.48. The van der Waals surface area contributed by atoms with Crippen LogP contribution in [0, 0.1) is 24.7 Å². The van der Waals surface area contributed by atoms with E-state index in [0.29, 0.717) is 92.5 Å². The number of ether oxygens (including phenoxy) is 8. The van der Waals surface area contributed by atoms with Crippen molar-refractivity contribution in [1.82, 2.24) is 0 Å². The molecule has 0 N–H and O–H groups in total. The van der Waals surface area contributed by atoms with Gasteiger partial charge in [-0.05, 0) is 35.4 Å². The minimum absolute atomic E-state index is 0.306. The molecule has 0 aliphatic heterocycles. The molecule has 206 valence electrons. The van der Waals surface area contributed by atoms with Crippen LogP contribution in [0.5, 0.6) is 11.5 Å². The fourth-order valence-corrected chi connectivity index (χ4v) is 3.07. The summed E-state index contributed by atoms with van der Waals surface area (Å²) in [6, 6.07) is 15.9. The van der Waals surface area contributed by atoms with Crippen molar-refractivity contribution in [3.05, 3.63) is 48.5 Å². The second-order valence-corrected chi connectivity index (χ2v) is 7.71. The first-order chi connectivity index (χ1) is 18.8. The first kappa shape index (κ1) is 31.1. The summed E-state index contributed by atoms with van der Waals surface area (Å²) in [7, 11) is 0. The fraction of sp³-hybridized carbons (Fsp3) is 0.467. The first-order valence-electron chi connectivity index (χ1n) is 12.6. The van der Waals surface area contributed by atoms with Crippen molar-refractivity contribution in [3.8, 4) is 47.3 Å². The lowest BCUT2D eigenvalue weighted by Gasteiger charge is -2.10. The Bertz CT molecular complexity index is 838. The van der Waals surface area contributed by atoms with Crippen LogP contribution < -0.4 is 9.47 Å². The molecule has 0 unspecified atom stereocenters. The number of hydrogen-bond donors (Lipinski definition) is 0. The Morgan fingerprint density at radius 3 is 1.00 bits per heavy atom. The summed E-state index contributed by atoms with van der Waals surface area (Å²) < 4.78 is 43.5. The highest BCUT2D eigenvalue weighted by atomic mass is 16.6. The van der Waals surface area contributed by atoms with E-state index in [1.54, 1.807) is 0 Å². The van der Waals surface area contributed by atoms with Crippen molar-refractivity contribution in [3.63, 3.8) is 0 Å². The lowest BCUT2D eigenvalue weighted by Crippen LogP contribution is -2.12. The van der Waals surface area contributed by atoms with Crippen molar-refractivity contribution in [2.45, 2.75) is 0 Å².